The average Bonchev–Trinajstić information content (AvgIpc) is 3.04. The highest BCUT2D eigenvalue weighted by atomic mass is 15.2. The van der Waals surface area contributed by atoms with E-state index in [1.54, 1.807) is 0 Å². The minimum atomic E-state index is 0.600. The number of hydrogen-bond acceptors (Lipinski definition) is 3. The van der Waals surface area contributed by atoms with Crippen LogP contribution in [0.25, 0.3) is 5.65 Å². The molecule has 1 aliphatic rings. The fourth-order valence-corrected chi connectivity index (χ4v) is 3.25. The molecule has 0 saturated carbocycles. The van der Waals surface area contributed by atoms with Gasteiger partial charge < -0.3 is 9.30 Å². The summed E-state index contributed by atoms with van der Waals surface area (Å²) in [6.07, 6.45) is 8.13. The molecule has 3 aromatic heterocycles. The Bertz CT molecular complexity index is 727. The van der Waals surface area contributed by atoms with Gasteiger partial charge in [-0.15, -0.1) is 0 Å². The van der Waals surface area contributed by atoms with Gasteiger partial charge in [-0.05, 0) is 37.1 Å². The van der Waals surface area contributed by atoms with Crippen LogP contribution in [0.2, 0.25) is 0 Å². The molecule has 106 valence electrons. The van der Waals surface area contributed by atoms with E-state index >= 15 is 0 Å². The largest absolute Gasteiger partial charge is 0.357 e. The predicted molar refractivity (Wildman–Crippen MR) is 83.6 cm³/mol. The summed E-state index contributed by atoms with van der Waals surface area (Å²) in [4.78, 5) is 11.2. The van der Waals surface area contributed by atoms with Crippen molar-refractivity contribution in [3.63, 3.8) is 0 Å². The molecule has 4 rings (SSSR count). The molecule has 0 spiro atoms. The second kappa shape index (κ2) is 5.20. The van der Waals surface area contributed by atoms with Crippen molar-refractivity contribution in [2.75, 3.05) is 18.0 Å². The molecule has 0 atom stereocenters. The number of piperidine rings is 1. The Morgan fingerprint density at radius 3 is 2.62 bits per heavy atom. The first-order valence-corrected chi connectivity index (χ1v) is 7.50. The molecule has 0 bridgehead atoms. The third-order valence-electron chi connectivity index (χ3n) is 4.35. The lowest BCUT2D eigenvalue weighted by molar-refractivity contribution is 0.490. The third kappa shape index (κ3) is 2.27. The summed E-state index contributed by atoms with van der Waals surface area (Å²) < 4.78 is 2.22. The van der Waals surface area contributed by atoms with E-state index in [0.29, 0.717) is 5.92 Å². The van der Waals surface area contributed by atoms with Crippen LogP contribution in [-0.2, 0) is 0 Å². The Hall–Kier alpha value is -2.36. The number of nitrogens with zero attached hydrogens (tertiary/aromatic N) is 4. The van der Waals surface area contributed by atoms with Crippen molar-refractivity contribution in [1.29, 1.82) is 0 Å². The predicted octanol–water partition coefficient (Wildman–Crippen LogP) is 3.11. The van der Waals surface area contributed by atoms with Crippen LogP contribution in [0.1, 0.15) is 24.5 Å². The zero-order chi connectivity index (χ0) is 14.1. The Labute approximate surface area is 124 Å². The molecule has 0 amide bonds. The van der Waals surface area contributed by atoms with Crippen LogP contribution < -0.4 is 4.90 Å². The van der Waals surface area contributed by atoms with E-state index in [-0.39, 0.29) is 0 Å². The fourth-order valence-electron chi connectivity index (χ4n) is 3.25. The zero-order valence-electron chi connectivity index (χ0n) is 11.9. The number of anilines is 1. The monoisotopic (exact) mass is 278 g/mol. The van der Waals surface area contributed by atoms with Gasteiger partial charge in [-0.1, -0.05) is 12.1 Å². The summed E-state index contributed by atoms with van der Waals surface area (Å²) in [5, 5.41) is 0. The highest BCUT2D eigenvalue weighted by molar-refractivity contribution is 5.42. The van der Waals surface area contributed by atoms with Crippen molar-refractivity contribution in [1.82, 2.24) is 14.4 Å². The van der Waals surface area contributed by atoms with Crippen LogP contribution in [-0.4, -0.2) is 27.5 Å². The molecule has 0 unspecified atom stereocenters. The number of hydrogen-bond donors (Lipinski definition) is 0. The first-order valence-electron chi connectivity index (χ1n) is 7.50. The van der Waals surface area contributed by atoms with Gasteiger partial charge in [0.15, 0.2) is 0 Å². The second-order valence-corrected chi connectivity index (χ2v) is 5.56. The van der Waals surface area contributed by atoms with Crippen LogP contribution in [0.15, 0.2) is 55.0 Å². The summed E-state index contributed by atoms with van der Waals surface area (Å²) >= 11 is 0. The topological polar surface area (TPSA) is 33.4 Å². The quantitative estimate of drug-likeness (QED) is 0.722. The van der Waals surface area contributed by atoms with Gasteiger partial charge in [0.25, 0.3) is 0 Å². The summed E-state index contributed by atoms with van der Waals surface area (Å²) in [5.41, 5.74) is 2.42. The third-order valence-corrected chi connectivity index (χ3v) is 4.35. The summed E-state index contributed by atoms with van der Waals surface area (Å²) in [6, 6.07) is 12.5. The highest BCUT2D eigenvalue weighted by Crippen LogP contribution is 2.29. The maximum atomic E-state index is 4.45. The van der Waals surface area contributed by atoms with Crippen LogP contribution in [0.4, 0.5) is 5.82 Å². The molecule has 0 radical (unpaired) electrons. The van der Waals surface area contributed by atoms with E-state index < -0.39 is 0 Å². The molecule has 1 saturated heterocycles. The van der Waals surface area contributed by atoms with Crippen molar-refractivity contribution >= 4 is 11.5 Å². The standard InChI is InChI=1S/C17H18N4/c1-2-9-18-16(5-1)20-11-7-14(8-12-20)15-4-3-6-17-19-10-13-21(15)17/h1-6,9-10,13-14H,7-8,11-12H2. The molecule has 1 aliphatic heterocycles. The fraction of sp³-hybridized carbons (Fsp3) is 0.294. The first kappa shape index (κ1) is 12.4. The molecule has 0 aliphatic carbocycles. The van der Waals surface area contributed by atoms with Crippen LogP contribution in [0.3, 0.4) is 0 Å². The van der Waals surface area contributed by atoms with Crippen LogP contribution >= 0.6 is 0 Å². The second-order valence-electron chi connectivity index (χ2n) is 5.56. The van der Waals surface area contributed by atoms with E-state index in [1.165, 1.54) is 5.69 Å². The SMILES string of the molecule is c1ccc(N2CCC(c3cccc4nccn34)CC2)nc1. The Kier molecular flexibility index (Phi) is 3.07. The van der Waals surface area contributed by atoms with Gasteiger partial charge in [-0.25, -0.2) is 9.97 Å². The Morgan fingerprint density at radius 2 is 1.81 bits per heavy atom. The van der Waals surface area contributed by atoms with Crippen molar-refractivity contribution in [3.8, 4) is 0 Å². The van der Waals surface area contributed by atoms with Crippen molar-refractivity contribution in [2.24, 2.45) is 0 Å². The summed E-state index contributed by atoms with van der Waals surface area (Å²) in [7, 11) is 0. The van der Waals surface area contributed by atoms with Crippen molar-refractivity contribution < 1.29 is 0 Å². The normalized spacial score (nSPS) is 16.5. The molecule has 0 aromatic carbocycles. The van der Waals surface area contributed by atoms with Gasteiger partial charge in [0, 0.05) is 43.3 Å². The van der Waals surface area contributed by atoms with Gasteiger partial charge in [-0.3, -0.25) is 0 Å². The van der Waals surface area contributed by atoms with Gasteiger partial charge >= 0.3 is 0 Å². The summed E-state index contributed by atoms with van der Waals surface area (Å²) in [6.45, 7) is 2.12. The maximum Gasteiger partial charge on any atom is 0.136 e. The van der Waals surface area contributed by atoms with Gasteiger partial charge in [0.1, 0.15) is 11.5 Å². The molecule has 21 heavy (non-hydrogen) atoms. The lowest BCUT2D eigenvalue weighted by atomic mass is 9.93. The highest BCUT2D eigenvalue weighted by Gasteiger charge is 2.22. The first-order chi connectivity index (χ1) is 10.4. The summed E-state index contributed by atoms with van der Waals surface area (Å²) in [5.74, 6) is 1.69. The minimum absolute atomic E-state index is 0.600. The molecule has 3 aromatic rings. The molecule has 4 heterocycles. The van der Waals surface area contributed by atoms with Gasteiger partial charge in [0.05, 0.1) is 0 Å². The number of imidazole rings is 1. The zero-order valence-corrected chi connectivity index (χ0v) is 11.9. The van der Waals surface area contributed by atoms with E-state index in [9.17, 15) is 0 Å². The van der Waals surface area contributed by atoms with Gasteiger partial charge in [0.2, 0.25) is 0 Å². The average molecular weight is 278 g/mol. The molecule has 4 heteroatoms. The van der Waals surface area contributed by atoms with Crippen molar-refractivity contribution in [3.05, 3.63) is 60.7 Å². The minimum Gasteiger partial charge on any atom is -0.357 e. The number of fused-ring (bicyclic) bond motifs is 1. The van der Waals surface area contributed by atoms with Gasteiger partial charge in [-0.2, -0.15) is 0 Å². The Morgan fingerprint density at radius 1 is 0.905 bits per heavy atom. The van der Waals surface area contributed by atoms with Crippen LogP contribution in [0, 0.1) is 0 Å². The molecular formula is C17H18N4. The molecule has 1 fully saturated rings. The van der Waals surface area contributed by atoms with E-state index in [1.807, 2.05) is 18.5 Å². The van der Waals surface area contributed by atoms with E-state index in [2.05, 4.69) is 55.8 Å². The molecular weight excluding hydrogens is 260 g/mol. The number of pyridine rings is 2. The lowest BCUT2D eigenvalue weighted by Gasteiger charge is -2.33. The number of rotatable bonds is 2. The maximum absolute atomic E-state index is 4.45. The number of aromatic nitrogens is 3. The Balaban J connectivity index is 1.54. The molecule has 4 nitrogen and oxygen atoms in total. The lowest BCUT2D eigenvalue weighted by Crippen LogP contribution is -2.33. The molecule has 0 N–H and O–H groups in total. The van der Waals surface area contributed by atoms with E-state index in [4.69, 9.17) is 0 Å². The smallest absolute Gasteiger partial charge is 0.136 e. The van der Waals surface area contributed by atoms with Crippen LogP contribution in [0.5, 0.6) is 0 Å². The van der Waals surface area contributed by atoms with E-state index in [0.717, 1.165) is 37.4 Å². The van der Waals surface area contributed by atoms with Crippen molar-refractivity contribution in [2.45, 2.75) is 18.8 Å².